The van der Waals surface area contributed by atoms with E-state index < -0.39 is 5.97 Å². The van der Waals surface area contributed by atoms with Crippen molar-refractivity contribution in [1.29, 1.82) is 0 Å². The van der Waals surface area contributed by atoms with Crippen molar-refractivity contribution >= 4 is 29.9 Å². The minimum atomic E-state index is -0.992. The minimum Gasteiger partial charge on any atom is -0.478 e. The van der Waals surface area contributed by atoms with Gasteiger partial charge in [0, 0.05) is 12.1 Å². The van der Waals surface area contributed by atoms with Gasteiger partial charge in [-0.1, -0.05) is 54.2 Å². The Balaban J connectivity index is 1.55. The van der Waals surface area contributed by atoms with E-state index in [1.165, 1.54) is 30.1 Å². The molecule has 1 aromatic heterocycles. The van der Waals surface area contributed by atoms with Crippen LogP contribution in [0, 0.1) is 0 Å². The molecule has 8 nitrogen and oxygen atoms in total. The van der Waals surface area contributed by atoms with Crippen LogP contribution in [0.2, 0.25) is 0 Å². The smallest absolute Gasteiger partial charge is 0.335 e. The van der Waals surface area contributed by atoms with E-state index >= 15 is 0 Å². The van der Waals surface area contributed by atoms with Crippen LogP contribution >= 0.6 is 11.8 Å². The Morgan fingerprint density at radius 1 is 1.14 bits per heavy atom. The summed E-state index contributed by atoms with van der Waals surface area (Å²) in [5.74, 6) is -0.365. The predicted octanol–water partition coefficient (Wildman–Crippen LogP) is 2.91. The lowest BCUT2D eigenvalue weighted by molar-refractivity contribution is -0.118. The Labute approximate surface area is 171 Å². The number of thioether (sulfide) groups is 1. The number of carbonyl (C=O) groups is 2. The number of aromatic nitrogens is 3. The molecule has 148 valence electrons. The number of aromatic carboxylic acids is 1. The maximum absolute atomic E-state index is 12.0. The van der Waals surface area contributed by atoms with E-state index in [-0.39, 0.29) is 17.2 Å². The van der Waals surface area contributed by atoms with Gasteiger partial charge in [-0.3, -0.25) is 4.79 Å². The molecule has 2 N–H and O–H groups in total. The summed E-state index contributed by atoms with van der Waals surface area (Å²) in [6.07, 6.45) is 1.45. The first-order valence-corrected chi connectivity index (χ1v) is 9.83. The monoisotopic (exact) mass is 409 g/mol. The molecule has 9 heteroatoms. The second-order valence-electron chi connectivity index (χ2n) is 5.93. The predicted molar refractivity (Wildman–Crippen MR) is 111 cm³/mol. The molecular formula is C20H19N5O3S. The van der Waals surface area contributed by atoms with Gasteiger partial charge in [-0.2, -0.15) is 5.10 Å². The van der Waals surface area contributed by atoms with Crippen molar-refractivity contribution in [1.82, 2.24) is 20.2 Å². The lowest BCUT2D eigenvalue weighted by atomic mass is 10.1. The summed E-state index contributed by atoms with van der Waals surface area (Å²) in [7, 11) is 0. The maximum Gasteiger partial charge on any atom is 0.335 e. The Morgan fingerprint density at radius 3 is 2.52 bits per heavy atom. The standard InChI is InChI=1S/C20H19N5O3S/c1-2-25-18(15-6-4-3-5-7-15)23-24-20(25)29-13-17(26)22-21-12-14-8-10-16(11-9-14)19(27)28/h3-12H,2,13H2,1H3,(H,22,26)(H,27,28). The van der Waals surface area contributed by atoms with Crippen molar-refractivity contribution in [3.8, 4) is 11.4 Å². The molecule has 0 spiro atoms. The van der Waals surface area contributed by atoms with Crippen LogP contribution in [0.3, 0.4) is 0 Å². The number of rotatable bonds is 8. The zero-order valence-corrected chi connectivity index (χ0v) is 16.5. The van der Waals surface area contributed by atoms with Crippen molar-refractivity contribution in [3.63, 3.8) is 0 Å². The van der Waals surface area contributed by atoms with Gasteiger partial charge in [0.05, 0.1) is 17.5 Å². The van der Waals surface area contributed by atoms with Crippen molar-refractivity contribution in [2.24, 2.45) is 5.10 Å². The highest BCUT2D eigenvalue weighted by molar-refractivity contribution is 7.99. The number of carboxylic acids is 1. The fraction of sp³-hybridized carbons (Fsp3) is 0.150. The van der Waals surface area contributed by atoms with Gasteiger partial charge < -0.3 is 9.67 Å². The Bertz CT molecular complexity index is 1020. The van der Waals surface area contributed by atoms with Crippen molar-refractivity contribution in [3.05, 3.63) is 65.7 Å². The molecule has 0 saturated heterocycles. The summed E-state index contributed by atoms with van der Waals surface area (Å²) in [6.45, 7) is 2.69. The highest BCUT2D eigenvalue weighted by Crippen LogP contribution is 2.23. The summed E-state index contributed by atoms with van der Waals surface area (Å²) >= 11 is 1.28. The van der Waals surface area contributed by atoms with Gasteiger partial charge in [0.15, 0.2) is 11.0 Å². The topological polar surface area (TPSA) is 109 Å². The third kappa shape index (κ3) is 5.29. The van der Waals surface area contributed by atoms with Crippen LogP contribution in [0.4, 0.5) is 0 Å². The molecule has 2 aromatic carbocycles. The lowest BCUT2D eigenvalue weighted by Gasteiger charge is -2.06. The SMILES string of the molecule is CCn1c(SCC(=O)NN=Cc2ccc(C(=O)O)cc2)nnc1-c1ccccc1. The molecule has 0 aliphatic rings. The molecule has 0 aliphatic heterocycles. The molecule has 0 atom stereocenters. The number of hydrogen-bond donors (Lipinski definition) is 2. The van der Waals surface area contributed by atoms with Crippen LogP contribution in [0.5, 0.6) is 0 Å². The van der Waals surface area contributed by atoms with Gasteiger partial charge in [-0.05, 0) is 24.6 Å². The van der Waals surface area contributed by atoms with E-state index in [4.69, 9.17) is 5.11 Å². The number of benzene rings is 2. The number of carboxylic acid groups (broad SMARTS) is 1. The molecule has 29 heavy (non-hydrogen) atoms. The van der Waals surface area contributed by atoms with Crippen molar-refractivity contribution in [2.75, 3.05) is 5.75 Å². The third-order valence-corrected chi connectivity index (χ3v) is 4.92. The largest absolute Gasteiger partial charge is 0.478 e. The van der Waals surface area contributed by atoms with Gasteiger partial charge in [0.2, 0.25) is 0 Å². The normalized spacial score (nSPS) is 10.9. The molecule has 1 amide bonds. The average Bonchev–Trinajstić information content (AvgIpc) is 3.16. The van der Waals surface area contributed by atoms with Gasteiger partial charge in [-0.15, -0.1) is 10.2 Å². The number of hydrazone groups is 1. The Kier molecular flexibility index (Phi) is 6.75. The highest BCUT2D eigenvalue weighted by atomic mass is 32.2. The summed E-state index contributed by atoms with van der Waals surface area (Å²) in [6, 6.07) is 15.9. The number of amides is 1. The number of carbonyl (C=O) groups excluding carboxylic acids is 1. The molecule has 0 fully saturated rings. The second-order valence-corrected chi connectivity index (χ2v) is 6.87. The number of nitrogens with zero attached hydrogens (tertiary/aromatic N) is 4. The van der Waals surface area contributed by atoms with Crippen LogP contribution in [0.25, 0.3) is 11.4 Å². The summed E-state index contributed by atoms with van der Waals surface area (Å²) in [5, 5.41) is 21.9. The molecule has 0 bridgehead atoms. The van der Waals surface area contributed by atoms with Gasteiger partial charge in [0.25, 0.3) is 5.91 Å². The molecule has 1 heterocycles. The highest BCUT2D eigenvalue weighted by Gasteiger charge is 2.14. The summed E-state index contributed by atoms with van der Waals surface area (Å²) in [4.78, 5) is 22.9. The van der Waals surface area contributed by atoms with Gasteiger partial charge in [0.1, 0.15) is 0 Å². The van der Waals surface area contributed by atoms with Crippen LogP contribution in [0.15, 0.2) is 64.9 Å². The molecule has 3 rings (SSSR count). The maximum atomic E-state index is 12.0. The van der Waals surface area contributed by atoms with E-state index in [1.807, 2.05) is 41.8 Å². The lowest BCUT2D eigenvalue weighted by Crippen LogP contribution is -2.20. The van der Waals surface area contributed by atoms with Gasteiger partial charge >= 0.3 is 5.97 Å². The van der Waals surface area contributed by atoms with Crippen LogP contribution in [0.1, 0.15) is 22.8 Å². The van der Waals surface area contributed by atoms with Crippen LogP contribution in [-0.2, 0) is 11.3 Å². The zero-order valence-electron chi connectivity index (χ0n) is 15.6. The first kappa shape index (κ1) is 20.3. The second kappa shape index (κ2) is 9.65. The Morgan fingerprint density at radius 2 is 1.86 bits per heavy atom. The van der Waals surface area contributed by atoms with Crippen molar-refractivity contribution in [2.45, 2.75) is 18.6 Å². The summed E-state index contributed by atoms with van der Waals surface area (Å²) in [5.41, 5.74) is 4.29. The fourth-order valence-corrected chi connectivity index (χ4v) is 3.33. The minimum absolute atomic E-state index is 0.141. The average molecular weight is 409 g/mol. The quantitative estimate of drug-likeness (QED) is 0.336. The van der Waals surface area contributed by atoms with Crippen LogP contribution < -0.4 is 5.43 Å². The zero-order chi connectivity index (χ0) is 20.6. The molecule has 0 aliphatic carbocycles. The first-order chi connectivity index (χ1) is 14.1. The summed E-state index contributed by atoms with van der Waals surface area (Å²) < 4.78 is 1.96. The Hall–Kier alpha value is -3.46. The van der Waals surface area contributed by atoms with E-state index in [1.54, 1.807) is 12.1 Å². The van der Waals surface area contributed by atoms with E-state index in [2.05, 4.69) is 20.7 Å². The number of hydrogen-bond acceptors (Lipinski definition) is 6. The van der Waals surface area contributed by atoms with E-state index in [0.717, 1.165) is 11.4 Å². The first-order valence-electron chi connectivity index (χ1n) is 8.85. The number of nitrogens with one attached hydrogen (secondary N) is 1. The van der Waals surface area contributed by atoms with Crippen molar-refractivity contribution < 1.29 is 14.7 Å². The van der Waals surface area contributed by atoms with E-state index in [9.17, 15) is 9.59 Å². The van der Waals surface area contributed by atoms with E-state index in [0.29, 0.717) is 17.3 Å². The molecule has 3 aromatic rings. The molecule has 0 unspecified atom stereocenters. The molecular weight excluding hydrogens is 390 g/mol. The molecule has 0 saturated carbocycles. The van der Waals surface area contributed by atoms with Gasteiger partial charge in [-0.25, -0.2) is 10.2 Å². The van der Waals surface area contributed by atoms with Crippen LogP contribution in [-0.4, -0.2) is 43.7 Å². The molecule has 0 radical (unpaired) electrons. The fourth-order valence-electron chi connectivity index (χ4n) is 2.53. The third-order valence-electron chi connectivity index (χ3n) is 3.96.